The van der Waals surface area contributed by atoms with Gasteiger partial charge in [0.1, 0.15) is 0 Å². The standard InChI is InChI=1S/C15H17N3O3/c1-2-4-14(19)16-10-11-5-3-6-12(9-11)18-8-7-13(17-18)15(20)21/h3,5-9H,2,4,10H2,1H3,(H,16,19)(H,20,21). The van der Waals surface area contributed by atoms with Crippen LogP contribution in [-0.2, 0) is 11.3 Å². The first kappa shape index (κ1) is 14.8. The normalized spacial score (nSPS) is 10.3. The van der Waals surface area contributed by atoms with Crippen molar-refractivity contribution in [2.24, 2.45) is 0 Å². The highest BCUT2D eigenvalue weighted by Gasteiger charge is 2.08. The van der Waals surface area contributed by atoms with Crippen LogP contribution in [0.3, 0.4) is 0 Å². The number of carbonyl (C=O) groups is 2. The van der Waals surface area contributed by atoms with Crippen molar-refractivity contribution in [3.8, 4) is 5.69 Å². The van der Waals surface area contributed by atoms with E-state index in [1.54, 1.807) is 6.20 Å². The van der Waals surface area contributed by atoms with E-state index in [0.29, 0.717) is 13.0 Å². The second kappa shape index (κ2) is 6.69. The molecule has 1 aromatic carbocycles. The van der Waals surface area contributed by atoms with Crippen LogP contribution in [0.4, 0.5) is 0 Å². The number of hydrogen-bond acceptors (Lipinski definition) is 3. The molecule has 0 atom stereocenters. The van der Waals surface area contributed by atoms with Crippen LogP contribution in [0.15, 0.2) is 36.5 Å². The van der Waals surface area contributed by atoms with Crippen LogP contribution in [0.25, 0.3) is 5.69 Å². The molecule has 0 aliphatic rings. The van der Waals surface area contributed by atoms with Gasteiger partial charge in [-0.3, -0.25) is 4.79 Å². The summed E-state index contributed by atoms with van der Waals surface area (Å²) in [6, 6.07) is 8.88. The zero-order valence-corrected chi connectivity index (χ0v) is 11.7. The maximum absolute atomic E-state index is 11.5. The number of aromatic carboxylic acids is 1. The Labute approximate surface area is 122 Å². The molecule has 110 valence electrons. The molecule has 1 heterocycles. The lowest BCUT2D eigenvalue weighted by atomic mass is 10.2. The minimum Gasteiger partial charge on any atom is -0.476 e. The highest BCUT2D eigenvalue weighted by atomic mass is 16.4. The summed E-state index contributed by atoms with van der Waals surface area (Å²) in [5.74, 6) is -1.04. The Kier molecular flexibility index (Phi) is 4.71. The van der Waals surface area contributed by atoms with E-state index >= 15 is 0 Å². The van der Waals surface area contributed by atoms with Gasteiger partial charge in [0, 0.05) is 19.2 Å². The van der Waals surface area contributed by atoms with E-state index in [1.165, 1.54) is 10.7 Å². The van der Waals surface area contributed by atoms with Gasteiger partial charge in [0.05, 0.1) is 5.69 Å². The molecule has 0 saturated carbocycles. The smallest absolute Gasteiger partial charge is 0.356 e. The largest absolute Gasteiger partial charge is 0.476 e. The van der Waals surface area contributed by atoms with Crippen molar-refractivity contribution >= 4 is 11.9 Å². The molecular formula is C15H17N3O3. The first-order valence-corrected chi connectivity index (χ1v) is 6.75. The SMILES string of the molecule is CCCC(=O)NCc1cccc(-n2ccc(C(=O)O)n2)c1. The first-order chi connectivity index (χ1) is 10.1. The lowest BCUT2D eigenvalue weighted by Gasteiger charge is -2.07. The summed E-state index contributed by atoms with van der Waals surface area (Å²) in [5.41, 5.74) is 1.69. The quantitative estimate of drug-likeness (QED) is 0.851. The molecule has 1 amide bonds. The lowest BCUT2D eigenvalue weighted by molar-refractivity contribution is -0.121. The molecular weight excluding hydrogens is 270 g/mol. The molecule has 0 spiro atoms. The fraction of sp³-hybridized carbons (Fsp3) is 0.267. The molecule has 1 aromatic heterocycles. The molecule has 2 N–H and O–H groups in total. The van der Waals surface area contributed by atoms with Crippen LogP contribution in [0.5, 0.6) is 0 Å². The molecule has 0 fully saturated rings. The monoisotopic (exact) mass is 287 g/mol. The molecule has 0 bridgehead atoms. The number of carboxylic acids is 1. The van der Waals surface area contributed by atoms with Crippen molar-refractivity contribution in [2.45, 2.75) is 26.3 Å². The second-order valence-corrected chi connectivity index (χ2v) is 4.65. The van der Waals surface area contributed by atoms with Crippen molar-refractivity contribution in [1.29, 1.82) is 0 Å². The Hall–Kier alpha value is -2.63. The van der Waals surface area contributed by atoms with Gasteiger partial charge in [-0.1, -0.05) is 19.1 Å². The first-order valence-electron chi connectivity index (χ1n) is 6.75. The van der Waals surface area contributed by atoms with Crippen molar-refractivity contribution in [3.05, 3.63) is 47.8 Å². The van der Waals surface area contributed by atoms with E-state index in [1.807, 2.05) is 31.2 Å². The number of carboxylic acid groups (broad SMARTS) is 1. The van der Waals surface area contributed by atoms with Gasteiger partial charge >= 0.3 is 5.97 Å². The van der Waals surface area contributed by atoms with Crippen molar-refractivity contribution in [1.82, 2.24) is 15.1 Å². The van der Waals surface area contributed by atoms with Gasteiger partial charge in [0.2, 0.25) is 5.91 Å². The molecule has 0 radical (unpaired) electrons. The molecule has 6 nitrogen and oxygen atoms in total. The molecule has 2 rings (SSSR count). The van der Waals surface area contributed by atoms with Gasteiger partial charge < -0.3 is 10.4 Å². The summed E-state index contributed by atoms with van der Waals surface area (Å²) in [6.45, 7) is 2.40. The van der Waals surface area contributed by atoms with Gasteiger partial charge in [-0.25, -0.2) is 9.48 Å². The zero-order chi connectivity index (χ0) is 15.2. The van der Waals surface area contributed by atoms with Gasteiger partial charge in [0.15, 0.2) is 5.69 Å². The molecule has 21 heavy (non-hydrogen) atoms. The molecule has 0 saturated heterocycles. The van der Waals surface area contributed by atoms with Crippen LogP contribution in [0, 0.1) is 0 Å². The number of carbonyl (C=O) groups excluding carboxylic acids is 1. The number of aromatic nitrogens is 2. The predicted molar refractivity (Wildman–Crippen MR) is 77.3 cm³/mol. The van der Waals surface area contributed by atoms with Crippen LogP contribution >= 0.6 is 0 Å². The van der Waals surface area contributed by atoms with Crippen molar-refractivity contribution < 1.29 is 14.7 Å². The third-order valence-corrected chi connectivity index (χ3v) is 2.95. The summed E-state index contributed by atoms with van der Waals surface area (Å²) in [7, 11) is 0. The Bertz CT molecular complexity index is 649. The van der Waals surface area contributed by atoms with Crippen molar-refractivity contribution in [2.75, 3.05) is 0 Å². The summed E-state index contributed by atoms with van der Waals surface area (Å²) in [5, 5.41) is 15.7. The highest BCUT2D eigenvalue weighted by Crippen LogP contribution is 2.11. The number of benzene rings is 1. The predicted octanol–water partition coefficient (Wildman–Crippen LogP) is 1.99. The number of nitrogens with zero attached hydrogens (tertiary/aromatic N) is 2. The Morgan fingerprint density at radius 2 is 2.14 bits per heavy atom. The second-order valence-electron chi connectivity index (χ2n) is 4.65. The summed E-state index contributed by atoms with van der Waals surface area (Å²) in [4.78, 5) is 22.3. The van der Waals surface area contributed by atoms with Crippen LogP contribution < -0.4 is 5.32 Å². The van der Waals surface area contributed by atoms with E-state index in [2.05, 4.69) is 10.4 Å². The lowest BCUT2D eigenvalue weighted by Crippen LogP contribution is -2.22. The fourth-order valence-electron chi connectivity index (χ4n) is 1.91. The number of amides is 1. The fourth-order valence-corrected chi connectivity index (χ4v) is 1.91. The van der Waals surface area contributed by atoms with Crippen LogP contribution in [0.1, 0.15) is 35.8 Å². The Morgan fingerprint density at radius 3 is 2.81 bits per heavy atom. The topological polar surface area (TPSA) is 84.2 Å². The summed E-state index contributed by atoms with van der Waals surface area (Å²) in [6.07, 6.45) is 2.93. The van der Waals surface area contributed by atoms with Gasteiger partial charge in [-0.05, 0) is 30.2 Å². The third-order valence-electron chi connectivity index (χ3n) is 2.95. The molecule has 0 unspecified atom stereocenters. The van der Waals surface area contributed by atoms with Crippen molar-refractivity contribution in [3.63, 3.8) is 0 Å². The average molecular weight is 287 g/mol. The minimum atomic E-state index is -1.06. The minimum absolute atomic E-state index is 0.00310. The van der Waals surface area contributed by atoms with Gasteiger partial charge in [-0.2, -0.15) is 5.10 Å². The number of rotatable bonds is 6. The molecule has 0 aliphatic heterocycles. The maximum Gasteiger partial charge on any atom is 0.356 e. The summed E-state index contributed by atoms with van der Waals surface area (Å²) >= 11 is 0. The average Bonchev–Trinajstić information content (AvgIpc) is 2.96. The number of nitrogens with one attached hydrogen (secondary N) is 1. The van der Waals surface area contributed by atoms with E-state index in [9.17, 15) is 9.59 Å². The Morgan fingerprint density at radius 1 is 1.33 bits per heavy atom. The van der Waals surface area contributed by atoms with E-state index < -0.39 is 5.97 Å². The Balaban J connectivity index is 2.09. The molecule has 6 heteroatoms. The third kappa shape index (κ3) is 3.92. The maximum atomic E-state index is 11.5. The number of hydrogen-bond donors (Lipinski definition) is 2. The zero-order valence-electron chi connectivity index (χ0n) is 11.7. The van der Waals surface area contributed by atoms with Gasteiger partial charge in [-0.15, -0.1) is 0 Å². The van der Waals surface area contributed by atoms with E-state index in [4.69, 9.17) is 5.11 Å². The molecule has 0 aliphatic carbocycles. The molecule has 2 aromatic rings. The highest BCUT2D eigenvalue weighted by molar-refractivity contribution is 5.85. The van der Waals surface area contributed by atoms with E-state index in [-0.39, 0.29) is 11.6 Å². The van der Waals surface area contributed by atoms with E-state index in [0.717, 1.165) is 17.7 Å². The van der Waals surface area contributed by atoms with Crippen LogP contribution in [-0.4, -0.2) is 26.8 Å². The van der Waals surface area contributed by atoms with Gasteiger partial charge in [0.25, 0.3) is 0 Å². The van der Waals surface area contributed by atoms with Crippen LogP contribution in [0.2, 0.25) is 0 Å². The summed E-state index contributed by atoms with van der Waals surface area (Å²) < 4.78 is 1.50.